The maximum absolute atomic E-state index is 12.5. The second-order valence-electron chi connectivity index (χ2n) is 6.19. The molecule has 114 valence electrons. The normalized spacial score (nSPS) is 27.0. The number of carbonyl (C=O) groups excluding carboxylic acids is 1. The fourth-order valence-electron chi connectivity index (χ4n) is 3.08. The molecule has 0 spiro atoms. The second kappa shape index (κ2) is 6.34. The molecule has 0 radical (unpaired) electrons. The summed E-state index contributed by atoms with van der Waals surface area (Å²) in [6.45, 7) is 4.04. The predicted octanol–water partition coefficient (Wildman–Crippen LogP) is 2.51. The highest BCUT2D eigenvalue weighted by atomic mass is 35.5. The van der Waals surface area contributed by atoms with Crippen molar-refractivity contribution < 1.29 is 4.79 Å². The topological polar surface area (TPSA) is 44.4 Å². The summed E-state index contributed by atoms with van der Waals surface area (Å²) in [5, 5.41) is 0.736. The first-order chi connectivity index (χ1) is 10.1. The fourth-order valence-corrected chi connectivity index (χ4v) is 3.21. The van der Waals surface area contributed by atoms with Gasteiger partial charge in [0.15, 0.2) is 0 Å². The van der Waals surface area contributed by atoms with Crippen LogP contribution in [-0.4, -0.2) is 29.9 Å². The number of amides is 1. The second-order valence-corrected chi connectivity index (χ2v) is 6.63. The van der Waals surface area contributed by atoms with Crippen molar-refractivity contribution >= 4 is 17.5 Å². The van der Waals surface area contributed by atoms with E-state index in [1.54, 1.807) is 0 Å². The summed E-state index contributed by atoms with van der Waals surface area (Å²) in [6.07, 6.45) is 3.02. The number of hydrogen-bond donors (Lipinski definition) is 2. The molecule has 0 aliphatic carbocycles. The smallest absolute Gasteiger partial charge is 0.241 e. The Kier molecular flexibility index (Phi) is 4.48. The third-order valence-electron chi connectivity index (χ3n) is 4.57. The maximum Gasteiger partial charge on any atom is 0.241 e. The number of hydrogen-bond acceptors (Lipinski definition) is 3. The van der Waals surface area contributed by atoms with Crippen LogP contribution in [-0.2, 0) is 4.79 Å². The first-order valence-corrected chi connectivity index (χ1v) is 8.06. The summed E-state index contributed by atoms with van der Waals surface area (Å²) in [6, 6.07) is 7.84. The van der Waals surface area contributed by atoms with E-state index >= 15 is 0 Å². The molecule has 0 aromatic heterocycles. The van der Waals surface area contributed by atoms with Crippen molar-refractivity contribution in [2.75, 3.05) is 13.1 Å². The van der Waals surface area contributed by atoms with E-state index in [4.69, 9.17) is 11.6 Å². The summed E-state index contributed by atoms with van der Waals surface area (Å²) in [5.41, 5.74) is 7.55. The van der Waals surface area contributed by atoms with Crippen molar-refractivity contribution in [1.29, 1.82) is 0 Å². The molecule has 0 bridgehead atoms. The first-order valence-electron chi connectivity index (χ1n) is 7.69. The van der Waals surface area contributed by atoms with Crippen LogP contribution in [0.5, 0.6) is 0 Å². The SMILES string of the molecule is CC1CCN(C(=O)C2CC(c3ccc(Cl)cc3)NN2)CC1. The lowest BCUT2D eigenvalue weighted by Gasteiger charge is -2.32. The molecule has 2 aliphatic rings. The molecule has 4 nitrogen and oxygen atoms in total. The number of likely N-dealkylation sites (tertiary alicyclic amines) is 1. The van der Waals surface area contributed by atoms with E-state index < -0.39 is 0 Å². The molecule has 2 N–H and O–H groups in total. The first kappa shape index (κ1) is 14.8. The molecule has 0 saturated carbocycles. The zero-order valence-electron chi connectivity index (χ0n) is 12.3. The van der Waals surface area contributed by atoms with Gasteiger partial charge in [-0.15, -0.1) is 0 Å². The van der Waals surface area contributed by atoms with Crippen LogP contribution >= 0.6 is 11.6 Å². The lowest BCUT2D eigenvalue weighted by molar-refractivity contribution is -0.134. The van der Waals surface area contributed by atoms with Gasteiger partial charge in [-0.25, -0.2) is 10.9 Å². The summed E-state index contributed by atoms with van der Waals surface area (Å²) in [4.78, 5) is 14.5. The van der Waals surface area contributed by atoms with Crippen LogP contribution in [0.2, 0.25) is 5.02 Å². The Morgan fingerprint density at radius 1 is 1.19 bits per heavy atom. The molecule has 2 aliphatic heterocycles. The summed E-state index contributed by atoms with van der Waals surface area (Å²) in [5.74, 6) is 0.969. The molecule has 1 amide bonds. The van der Waals surface area contributed by atoms with Gasteiger partial charge in [-0.05, 0) is 42.9 Å². The highest BCUT2D eigenvalue weighted by molar-refractivity contribution is 6.30. The van der Waals surface area contributed by atoms with Crippen LogP contribution in [0.3, 0.4) is 0 Å². The Morgan fingerprint density at radius 3 is 2.52 bits per heavy atom. The van der Waals surface area contributed by atoms with E-state index in [1.165, 1.54) is 0 Å². The number of hydrazine groups is 1. The van der Waals surface area contributed by atoms with Crippen molar-refractivity contribution in [1.82, 2.24) is 15.8 Å². The molecule has 3 rings (SSSR count). The predicted molar refractivity (Wildman–Crippen MR) is 83.8 cm³/mol. The molecule has 21 heavy (non-hydrogen) atoms. The molecule has 2 atom stereocenters. The standard InChI is InChI=1S/C16H22ClN3O/c1-11-6-8-20(9-7-11)16(21)15-10-14(18-19-15)12-2-4-13(17)5-3-12/h2-5,11,14-15,18-19H,6-10H2,1H3. The molecule has 2 saturated heterocycles. The van der Waals surface area contributed by atoms with Gasteiger partial charge in [0.05, 0.1) is 0 Å². The van der Waals surface area contributed by atoms with Crippen molar-refractivity contribution in [2.24, 2.45) is 5.92 Å². The van der Waals surface area contributed by atoms with Crippen LogP contribution < -0.4 is 10.9 Å². The van der Waals surface area contributed by atoms with E-state index in [2.05, 4.69) is 17.8 Å². The maximum atomic E-state index is 12.5. The molecule has 5 heteroatoms. The van der Waals surface area contributed by atoms with E-state index in [9.17, 15) is 4.79 Å². The highest BCUT2D eigenvalue weighted by Gasteiger charge is 2.33. The summed E-state index contributed by atoms with van der Waals surface area (Å²) in [7, 11) is 0. The lowest BCUT2D eigenvalue weighted by Crippen LogP contribution is -2.48. The Labute approximate surface area is 130 Å². The van der Waals surface area contributed by atoms with Crippen LogP contribution in [0.1, 0.15) is 37.8 Å². The van der Waals surface area contributed by atoms with Gasteiger partial charge in [-0.1, -0.05) is 30.7 Å². The minimum absolute atomic E-state index is 0.126. The van der Waals surface area contributed by atoms with E-state index in [0.717, 1.165) is 48.9 Å². The average molecular weight is 308 g/mol. The summed E-state index contributed by atoms with van der Waals surface area (Å²) < 4.78 is 0. The molecular formula is C16H22ClN3O. The molecule has 1 aromatic carbocycles. The molecule has 2 heterocycles. The number of benzene rings is 1. The number of rotatable bonds is 2. The zero-order valence-corrected chi connectivity index (χ0v) is 13.1. The van der Waals surface area contributed by atoms with Crippen LogP contribution in [0, 0.1) is 5.92 Å². The molecule has 2 fully saturated rings. The van der Waals surface area contributed by atoms with Gasteiger partial charge in [-0.2, -0.15) is 0 Å². The Morgan fingerprint density at radius 2 is 1.86 bits per heavy atom. The van der Waals surface area contributed by atoms with Gasteiger partial charge < -0.3 is 4.90 Å². The minimum Gasteiger partial charge on any atom is -0.341 e. The Hall–Kier alpha value is -1.10. The third kappa shape index (κ3) is 3.39. The number of carbonyl (C=O) groups is 1. The van der Waals surface area contributed by atoms with Crippen LogP contribution in [0.15, 0.2) is 24.3 Å². The van der Waals surface area contributed by atoms with Gasteiger partial charge in [0.2, 0.25) is 5.91 Å². The van der Waals surface area contributed by atoms with Gasteiger partial charge in [0.1, 0.15) is 6.04 Å². The number of piperidine rings is 1. The monoisotopic (exact) mass is 307 g/mol. The zero-order chi connectivity index (χ0) is 14.8. The number of nitrogens with zero attached hydrogens (tertiary/aromatic N) is 1. The lowest BCUT2D eigenvalue weighted by atomic mass is 9.97. The number of halogens is 1. The average Bonchev–Trinajstić information content (AvgIpc) is 2.98. The van der Waals surface area contributed by atoms with Crippen molar-refractivity contribution in [3.63, 3.8) is 0 Å². The van der Waals surface area contributed by atoms with Gasteiger partial charge in [0.25, 0.3) is 0 Å². The quantitative estimate of drug-likeness (QED) is 0.882. The van der Waals surface area contributed by atoms with Gasteiger partial charge in [0, 0.05) is 24.2 Å². The molecule has 2 unspecified atom stereocenters. The van der Waals surface area contributed by atoms with E-state index in [-0.39, 0.29) is 18.0 Å². The highest BCUT2D eigenvalue weighted by Crippen LogP contribution is 2.25. The van der Waals surface area contributed by atoms with Crippen molar-refractivity contribution in [3.8, 4) is 0 Å². The summed E-state index contributed by atoms with van der Waals surface area (Å²) >= 11 is 5.91. The fraction of sp³-hybridized carbons (Fsp3) is 0.562. The minimum atomic E-state index is -0.126. The van der Waals surface area contributed by atoms with E-state index in [0.29, 0.717) is 0 Å². The third-order valence-corrected chi connectivity index (χ3v) is 4.82. The Balaban J connectivity index is 1.59. The van der Waals surface area contributed by atoms with Crippen molar-refractivity contribution in [2.45, 2.75) is 38.3 Å². The van der Waals surface area contributed by atoms with Crippen molar-refractivity contribution in [3.05, 3.63) is 34.9 Å². The Bertz CT molecular complexity index is 497. The van der Waals surface area contributed by atoms with Gasteiger partial charge >= 0.3 is 0 Å². The molecule has 1 aromatic rings. The molecular weight excluding hydrogens is 286 g/mol. The largest absolute Gasteiger partial charge is 0.341 e. The van der Waals surface area contributed by atoms with Crippen LogP contribution in [0.4, 0.5) is 0 Å². The van der Waals surface area contributed by atoms with E-state index in [1.807, 2.05) is 29.2 Å². The number of nitrogens with one attached hydrogen (secondary N) is 2. The van der Waals surface area contributed by atoms with Crippen LogP contribution in [0.25, 0.3) is 0 Å². The van der Waals surface area contributed by atoms with Gasteiger partial charge in [-0.3, -0.25) is 4.79 Å².